The highest BCUT2D eigenvalue weighted by molar-refractivity contribution is 5.88. The summed E-state index contributed by atoms with van der Waals surface area (Å²) in [5, 5.41) is 2.05. The van der Waals surface area contributed by atoms with Crippen molar-refractivity contribution in [3.8, 4) is 5.75 Å². The summed E-state index contributed by atoms with van der Waals surface area (Å²) in [5.41, 5.74) is 0.741. The van der Waals surface area contributed by atoms with Gasteiger partial charge in [-0.25, -0.2) is 0 Å². The van der Waals surface area contributed by atoms with Crippen LogP contribution in [0.1, 0.15) is 12.5 Å². The highest BCUT2D eigenvalue weighted by atomic mass is 16.9. The molecule has 0 heterocycles. The predicted molar refractivity (Wildman–Crippen MR) is 77.8 cm³/mol. The van der Waals surface area contributed by atoms with Gasteiger partial charge in [-0.05, 0) is 23.8 Å². The number of methoxy groups -OCH3 is 3. The van der Waals surface area contributed by atoms with Gasteiger partial charge in [0.05, 0.1) is 12.2 Å². The van der Waals surface area contributed by atoms with Crippen LogP contribution in [0.4, 0.5) is 0 Å². The Balaban J connectivity index is 2.77. The van der Waals surface area contributed by atoms with Gasteiger partial charge in [0, 0.05) is 21.3 Å². The molecule has 0 radical (unpaired) electrons. The minimum atomic E-state index is -1.29. The minimum Gasteiger partial charge on any atom is -0.493 e. The Morgan fingerprint density at radius 2 is 1.55 bits per heavy atom. The van der Waals surface area contributed by atoms with Crippen molar-refractivity contribution in [2.75, 3.05) is 27.9 Å². The molecule has 4 heteroatoms. The van der Waals surface area contributed by atoms with Crippen LogP contribution in [0, 0.1) is 0 Å². The molecule has 2 aromatic carbocycles. The average molecular weight is 276 g/mol. The highest BCUT2D eigenvalue weighted by Crippen LogP contribution is 2.39. The summed E-state index contributed by atoms with van der Waals surface area (Å²) in [5.74, 6) is -0.595. The van der Waals surface area contributed by atoms with Crippen molar-refractivity contribution in [2.24, 2.45) is 0 Å². The fourth-order valence-corrected chi connectivity index (χ4v) is 2.40. The van der Waals surface area contributed by atoms with Gasteiger partial charge in [0.1, 0.15) is 5.75 Å². The molecule has 0 bridgehead atoms. The van der Waals surface area contributed by atoms with Crippen LogP contribution in [-0.2, 0) is 20.2 Å². The highest BCUT2D eigenvalue weighted by Gasteiger charge is 2.37. The standard InChI is InChI=1S/C16H20O4/c1-5-20-14-11-10-12-8-6-7-9-13(12)15(14)16(17-2,18-3)19-4/h6-11H,5H2,1-4H3. The Morgan fingerprint density at radius 1 is 0.900 bits per heavy atom. The summed E-state index contributed by atoms with van der Waals surface area (Å²) in [7, 11) is 4.64. The maximum absolute atomic E-state index is 5.72. The van der Waals surface area contributed by atoms with E-state index in [9.17, 15) is 0 Å². The molecule has 0 saturated heterocycles. The second kappa shape index (κ2) is 6.22. The first-order valence-corrected chi connectivity index (χ1v) is 6.53. The van der Waals surface area contributed by atoms with Crippen molar-refractivity contribution in [1.29, 1.82) is 0 Å². The van der Waals surface area contributed by atoms with Crippen LogP contribution in [-0.4, -0.2) is 27.9 Å². The number of rotatable bonds is 6. The zero-order chi connectivity index (χ0) is 14.6. The SMILES string of the molecule is CCOc1ccc2ccccc2c1C(OC)(OC)OC. The van der Waals surface area contributed by atoms with Gasteiger partial charge < -0.3 is 18.9 Å². The average Bonchev–Trinajstić information content (AvgIpc) is 2.51. The third-order valence-corrected chi connectivity index (χ3v) is 3.30. The zero-order valence-electron chi connectivity index (χ0n) is 12.3. The van der Waals surface area contributed by atoms with Gasteiger partial charge in [-0.15, -0.1) is 0 Å². The second-order valence-corrected chi connectivity index (χ2v) is 4.26. The molecule has 2 rings (SSSR count). The molecule has 2 aromatic rings. The maximum Gasteiger partial charge on any atom is 0.315 e. The molecule has 0 aliphatic carbocycles. The van der Waals surface area contributed by atoms with Gasteiger partial charge in [0.2, 0.25) is 0 Å². The fraction of sp³-hybridized carbons (Fsp3) is 0.375. The third-order valence-electron chi connectivity index (χ3n) is 3.30. The Morgan fingerprint density at radius 3 is 2.15 bits per heavy atom. The zero-order valence-corrected chi connectivity index (χ0v) is 12.3. The number of ether oxygens (including phenoxy) is 4. The Hall–Kier alpha value is -1.62. The monoisotopic (exact) mass is 276 g/mol. The summed E-state index contributed by atoms with van der Waals surface area (Å²) in [6.07, 6.45) is 0. The first-order chi connectivity index (χ1) is 9.72. The lowest BCUT2D eigenvalue weighted by atomic mass is 10.0. The quantitative estimate of drug-likeness (QED) is 0.759. The molecule has 0 spiro atoms. The number of hydrogen-bond donors (Lipinski definition) is 0. The van der Waals surface area contributed by atoms with Crippen molar-refractivity contribution >= 4 is 10.8 Å². The van der Waals surface area contributed by atoms with Gasteiger partial charge in [-0.1, -0.05) is 30.3 Å². The summed E-state index contributed by atoms with van der Waals surface area (Å²) in [4.78, 5) is 0. The molecular formula is C16H20O4. The first kappa shape index (κ1) is 14.8. The molecule has 0 aliphatic heterocycles. The lowest BCUT2D eigenvalue weighted by Crippen LogP contribution is -2.33. The molecule has 20 heavy (non-hydrogen) atoms. The van der Waals surface area contributed by atoms with E-state index in [1.807, 2.05) is 43.3 Å². The Kier molecular flexibility index (Phi) is 4.60. The van der Waals surface area contributed by atoms with E-state index in [1.165, 1.54) is 0 Å². The van der Waals surface area contributed by atoms with E-state index >= 15 is 0 Å². The molecule has 4 nitrogen and oxygen atoms in total. The van der Waals surface area contributed by atoms with Crippen molar-refractivity contribution < 1.29 is 18.9 Å². The van der Waals surface area contributed by atoms with Gasteiger partial charge in [0.15, 0.2) is 0 Å². The summed E-state index contributed by atoms with van der Waals surface area (Å²) in [6, 6.07) is 11.9. The van der Waals surface area contributed by atoms with Crippen LogP contribution < -0.4 is 4.74 Å². The van der Waals surface area contributed by atoms with E-state index in [0.29, 0.717) is 12.4 Å². The van der Waals surface area contributed by atoms with Crippen LogP contribution in [0.25, 0.3) is 10.8 Å². The van der Waals surface area contributed by atoms with Crippen LogP contribution >= 0.6 is 0 Å². The van der Waals surface area contributed by atoms with Crippen molar-refractivity contribution in [2.45, 2.75) is 12.9 Å². The molecular weight excluding hydrogens is 256 g/mol. The van der Waals surface area contributed by atoms with E-state index in [1.54, 1.807) is 21.3 Å². The predicted octanol–water partition coefficient (Wildman–Crippen LogP) is 3.29. The van der Waals surface area contributed by atoms with E-state index in [-0.39, 0.29) is 0 Å². The normalized spacial score (nSPS) is 11.8. The molecule has 0 aromatic heterocycles. The summed E-state index contributed by atoms with van der Waals surface area (Å²) >= 11 is 0. The number of hydrogen-bond acceptors (Lipinski definition) is 4. The smallest absolute Gasteiger partial charge is 0.315 e. The largest absolute Gasteiger partial charge is 0.493 e. The summed E-state index contributed by atoms with van der Waals surface area (Å²) in [6.45, 7) is 2.49. The van der Waals surface area contributed by atoms with E-state index in [2.05, 4.69) is 0 Å². The first-order valence-electron chi connectivity index (χ1n) is 6.53. The van der Waals surface area contributed by atoms with Gasteiger partial charge in [0.25, 0.3) is 0 Å². The molecule has 0 saturated carbocycles. The van der Waals surface area contributed by atoms with Gasteiger partial charge in [-0.2, -0.15) is 0 Å². The van der Waals surface area contributed by atoms with Gasteiger partial charge >= 0.3 is 5.97 Å². The van der Waals surface area contributed by atoms with Crippen molar-refractivity contribution in [3.63, 3.8) is 0 Å². The Bertz CT molecular complexity index is 567. The van der Waals surface area contributed by atoms with E-state index in [4.69, 9.17) is 18.9 Å². The molecule has 108 valence electrons. The Labute approximate surface area is 119 Å². The lowest BCUT2D eigenvalue weighted by molar-refractivity contribution is -0.364. The van der Waals surface area contributed by atoms with Crippen molar-refractivity contribution in [3.05, 3.63) is 42.0 Å². The lowest BCUT2D eigenvalue weighted by Gasteiger charge is -2.31. The maximum atomic E-state index is 5.72. The van der Waals surface area contributed by atoms with Crippen LogP contribution in [0.2, 0.25) is 0 Å². The fourth-order valence-electron chi connectivity index (χ4n) is 2.40. The minimum absolute atomic E-state index is 0.554. The van der Waals surface area contributed by atoms with Crippen molar-refractivity contribution in [1.82, 2.24) is 0 Å². The number of fused-ring (bicyclic) bond motifs is 1. The second-order valence-electron chi connectivity index (χ2n) is 4.26. The van der Waals surface area contributed by atoms with Crippen LogP contribution in [0.5, 0.6) is 5.75 Å². The molecule has 0 aliphatic rings. The van der Waals surface area contributed by atoms with E-state index in [0.717, 1.165) is 16.3 Å². The summed E-state index contributed by atoms with van der Waals surface area (Å²) < 4.78 is 22.2. The molecule has 0 amide bonds. The van der Waals surface area contributed by atoms with Gasteiger partial charge in [-0.3, -0.25) is 0 Å². The van der Waals surface area contributed by atoms with Crippen LogP contribution in [0.3, 0.4) is 0 Å². The molecule has 0 N–H and O–H groups in total. The molecule has 0 unspecified atom stereocenters. The molecule has 0 fully saturated rings. The third kappa shape index (κ3) is 2.38. The topological polar surface area (TPSA) is 36.9 Å². The number of benzene rings is 2. The van der Waals surface area contributed by atoms with E-state index < -0.39 is 5.97 Å². The van der Waals surface area contributed by atoms with Crippen LogP contribution in [0.15, 0.2) is 36.4 Å². The molecule has 0 atom stereocenters.